The van der Waals surface area contributed by atoms with Gasteiger partial charge in [-0.25, -0.2) is 13.1 Å². The van der Waals surface area contributed by atoms with Crippen LogP contribution in [0, 0.1) is 0 Å². The van der Waals surface area contributed by atoms with Crippen LogP contribution >= 0.6 is 0 Å². The Hall–Kier alpha value is -0.350. The molecule has 0 spiro atoms. The van der Waals surface area contributed by atoms with E-state index >= 15 is 0 Å². The van der Waals surface area contributed by atoms with E-state index in [1.807, 2.05) is 0 Å². The minimum atomic E-state index is -3.01. The summed E-state index contributed by atoms with van der Waals surface area (Å²) in [4.78, 5) is 0. The van der Waals surface area contributed by atoms with Crippen molar-refractivity contribution in [1.82, 2.24) is 4.72 Å². The summed E-state index contributed by atoms with van der Waals surface area (Å²) in [7, 11) is -3.01. The molecule has 0 aliphatic rings. The van der Waals surface area contributed by atoms with Crippen molar-refractivity contribution in [1.29, 1.82) is 0 Å². The van der Waals surface area contributed by atoms with Gasteiger partial charge in [0.15, 0.2) is 0 Å². The van der Waals surface area contributed by atoms with Crippen LogP contribution in [0.1, 0.15) is 0 Å². The highest BCUT2D eigenvalue weighted by Crippen LogP contribution is 1.70. The van der Waals surface area contributed by atoms with Crippen molar-refractivity contribution >= 4 is 10.0 Å². The zero-order chi connectivity index (χ0) is 6.62. The fourth-order valence-electron chi connectivity index (χ4n) is 0.210. The van der Waals surface area contributed by atoms with Gasteiger partial charge in [-0.05, 0) is 0 Å². The molecule has 8 heavy (non-hydrogen) atoms. The highest BCUT2D eigenvalue weighted by molar-refractivity contribution is 7.88. The molecule has 0 aromatic carbocycles. The van der Waals surface area contributed by atoms with E-state index in [4.69, 9.17) is 0 Å². The van der Waals surface area contributed by atoms with E-state index in [1.165, 1.54) is 6.08 Å². The van der Waals surface area contributed by atoms with Gasteiger partial charge in [0.05, 0.1) is 6.26 Å². The second-order valence-electron chi connectivity index (χ2n) is 1.41. The van der Waals surface area contributed by atoms with Crippen LogP contribution in [-0.2, 0) is 10.0 Å². The lowest BCUT2D eigenvalue weighted by Crippen LogP contribution is -2.21. The van der Waals surface area contributed by atoms with Gasteiger partial charge < -0.3 is 0 Å². The maximum atomic E-state index is 10.2. The molecule has 0 bridgehead atoms. The van der Waals surface area contributed by atoms with Gasteiger partial charge in [0, 0.05) is 6.54 Å². The van der Waals surface area contributed by atoms with E-state index in [0.29, 0.717) is 6.54 Å². The van der Waals surface area contributed by atoms with Crippen molar-refractivity contribution in [2.45, 2.75) is 0 Å². The molecule has 0 unspecified atom stereocenters. The smallest absolute Gasteiger partial charge is 0.208 e. The minimum Gasteiger partial charge on any atom is -0.213 e. The molecule has 0 amide bonds. The average Bonchev–Trinajstić information content (AvgIpc) is 1.59. The molecular weight excluding hydrogens is 126 g/mol. The molecule has 1 N–H and O–H groups in total. The first kappa shape index (κ1) is 7.65. The maximum absolute atomic E-state index is 10.2. The SMILES string of the molecule is C=CCNS(C)(=O)=O. The van der Waals surface area contributed by atoms with Gasteiger partial charge in [-0.2, -0.15) is 0 Å². The van der Waals surface area contributed by atoms with E-state index < -0.39 is 10.0 Å². The molecule has 0 saturated carbocycles. The molecule has 0 fully saturated rings. The summed E-state index contributed by atoms with van der Waals surface area (Å²) in [6, 6.07) is 0. The van der Waals surface area contributed by atoms with Crippen LogP contribution in [0.25, 0.3) is 0 Å². The van der Waals surface area contributed by atoms with E-state index in [2.05, 4.69) is 11.3 Å². The Morgan fingerprint density at radius 3 is 2.38 bits per heavy atom. The standard InChI is InChI=1S/C4H9NO2S/c1-3-4-5-8(2,6)7/h3,5H,1,4H2,2H3. The Balaban J connectivity index is 3.57. The second kappa shape index (κ2) is 2.84. The largest absolute Gasteiger partial charge is 0.213 e. The third-order valence-electron chi connectivity index (χ3n) is 0.490. The van der Waals surface area contributed by atoms with Gasteiger partial charge in [0.1, 0.15) is 0 Å². The van der Waals surface area contributed by atoms with Gasteiger partial charge in [-0.15, -0.1) is 6.58 Å². The topological polar surface area (TPSA) is 46.2 Å². The minimum absolute atomic E-state index is 0.304. The van der Waals surface area contributed by atoms with Crippen LogP contribution in [-0.4, -0.2) is 21.2 Å². The summed E-state index contributed by atoms with van der Waals surface area (Å²) in [6.07, 6.45) is 2.59. The summed E-state index contributed by atoms with van der Waals surface area (Å²) in [5.74, 6) is 0. The molecule has 0 rings (SSSR count). The van der Waals surface area contributed by atoms with Gasteiger partial charge in [0.2, 0.25) is 10.0 Å². The third-order valence-corrected chi connectivity index (χ3v) is 1.18. The number of hydrogen-bond donors (Lipinski definition) is 1. The second-order valence-corrected chi connectivity index (χ2v) is 3.24. The molecule has 3 nitrogen and oxygen atoms in total. The van der Waals surface area contributed by atoms with Crippen LogP contribution in [0.4, 0.5) is 0 Å². The molecule has 0 aliphatic carbocycles. The zero-order valence-electron chi connectivity index (χ0n) is 4.72. The first-order valence-corrected chi connectivity index (χ1v) is 4.01. The number of rotatable bonds is 3. The summed E-state index contributed by atoms with van der Waals surface area (Å²) in [6.45, 7) is 3.64. The Morgan fingerprint density at radius 2 is 2.25 bits per heavy atom. The van der Waals surface area contributed by atoms with E-state index in [1.54, 1.807) is 0 Å². The van der Waals surface area contributed by atoms with Crippen molar-refractivity contribution in [3.05, 3.63) is 12.7 Å². The Bertz CT molecular complexity index is 159. The third kappa shape index (κ3) is 5.65. The highest BCUT2D eigenvalue weighted by atomic mass is 32.2. The van der Waals surface area contributed by atoms with Crippen LogP contribution < -0.4 is 4.72 Å². The van der Waals surface area contributed by atoms with Crippen molar-refractivity contribution in [2.24, 2.45) is 0 Å². The Kier molecular flexibility index (Phi) is 2.71. The molecule has 0 saturated heterocycles. The van der Waals surface area contributed by atoms with Crippen molar-refractivity contribution in [2.75, 3.05) is 12.8 Å². The molecule has 0 heterocycles. The summed E-state index contributed by atoms with van der Waals surface area (Å²) < 4.78 is 22.7. The predicted molar refractivity (Wildman–Crippen MR) is 33.0 cm³/mol. The lowest BCUT2D eigenvalue weighted by molar-refractivity contribution is 0.592. The molecular formula is C4H9NO2S. The van der Waals surface area contributed by atoms with Crippen molar-refractivity contribution in [3.8, 4) is 0 Å². The molecule has 0 atom stereocenters. The fraction of sp³-hybridized carbons (Fsp3) is 0.500. The first-order chi connectivity index (χ1) is 3.56. The summed E-state index contributed by atoms with van der Waals surface area (Å²) in [5.41, 5.74) is 0. The van der Waals surface area contributed by atoms with Crippen LogP contribution in [0.5, 0.6) is 0 Å². The fourth-order valence-corrected chi connectivity index (χ4v) is 0.631. The number of nitrogens with one attached hydrogen (secondary N) is 1. The Labute approximate surface area is 49.5 Å². The normalized spacial score (nSPS) is 11.1. The summed E-state index contributed by atoms with van der Waals surface area (Å²) >= 11 is 0. The molecule has 0 aliphatic heterocycles. The van der Waals surface area contributed by atoms with Crippen LogP contribution in [0.2, 0.25) is 0 Å². The van der Waals surface area contributed by atoms with Crippen LogP contribution in [0.15, 0.2) is 12.7 Å². The molecule has 4 heteroatoms. The quantitative estimate of drug-likeness (QED) is 0.541. The molecule has 48 valence electrons. The number of hydrogen-bond acceptors (Lipinski definition) is 2. The highest BCUT2D eigenvalue weighted by Gasteiger charge is 1.93. The van der Waals surface area contributed by atoms with Gasteiger partial charge in [-0.3, -0.25) is 0 Å². The molecule has 0 radical (unpaired) electrons. The maximum Gasteiger partial charge on any atom is 0.208 e. The van der Waals surface area contributed by atoms with Gasteiger partial charge >= 0.3 is 0 Å². The van der Waals surface area contributed by atoms with Gasteiger partial charge in [0.25, 0.3) is 0 Å². The molecule has 0 aromatic heterocycles. The number of sulfonamides is 1. The van der Waals surface area contributed by atoms with Gasteiger partial charge in [-0.1, -0.05) is 6.08 Å². The monoisotopic (exact) mass is 135 g/mol. The Morgan fingerprint density at radius 1 is 1.75 bits per heavy atom. The molecule has 0 aromatic rings. The first-order valence-electron chi connectivity index (χ1n) is 2.12. The van der Waals surface area contributed by atoms with E-state index in [-0.39, 0.29) is 0 Å². The van der Waals surface area contributed by atoms with E-state index in [9.17, 15) is 8.42 Å². The van der Waals surface area contributed by atoms with Crippen molar-refractivity contribution in [3.63, 3.8) is 0 Å². The average molecular weight is 135 g/mol. The van der Waals surface area contributed by atoms with E-state index in [0.717, 1.165) is 6.26 Å². The van der Waals surface area contributed by atoms with Crippen LogP contribution in [0.3, 0.4) is 0 Å². The zero-order valence-corrected chi connectivity index (χ0v) is 5.53. The predicted octanol–water partition coefficient (Wildman–Crippen LogP) is -0.278. The summed E-state index contributed by atoms with van der Waals surface area (Å²) in [5, 5.41) is 0. The lowest BCUT2D eigenvalue weighted by atomic mass is 10.7. The lowest BCUT2D eigenvalue weighted by Gasteiger charge is -1.92. The van der Waals surface area contributed by atoms with Crippen molar-refractivity contribution < 1.29 is 8.42 Å².